The summed E-state index contributed by atoms with van der Waals surface area (Å²) in [5, 5.41) is 0. The van der Waals surface area contributed by atoms with E-state index in [0.717, 1.165) is 48.2 Å². The lowest BCUT2D eigenvalue weighted by Crippen LogP contribution is -2.37. The molecule has 0 bridgehead atoms. The molecule has 1 aliphatic heterocycles. The first kappa shape index (κ1) is 15.1. The first-order valence-electron chi connectivity index (χ1n) is 6.54. The van der Waals surface area contributed by atoms with Crippen LogP contribution in [-0.4, -0.2) is 55.0 Å². The molecule has 1 aromatic rings. The van der Waals surface area contributed by atoms with Gasteiger partial charge in [0.25, 0.3) is 0 Å². The van der Waals surface area contributed by atoms with E-state index in [2.05, 4.69) is 4.90 Å². The predicted molar refractivity (Wildman–Crippen MR) is 79.3 cm³/mol. The molecule has 1 heterocycles. The average molecular weight is 299 g/mol. The van der Waals surface area contributed by atoms with E-state index in [0.29, 0.717) is 5.75 Å². The number of rotatable bonds is 5. The van der Waals surface area contributed by atoms with Gasteiger partial charge in [-0.25, -0.2) is 0 Å². The van der Waals surface area contributed by atoms with Gasteiger partial charge in [-0.2, -0.15) is 0 Å². The van der Waals surface area contributed by atoms with Crippen molar-refractivity contribution in [2.45, 2.75) is 6.54 Å². The largest absolute Gasteiger partial charge is 0.496 e. The molecule has 0 spiro atoms. The van der Waals surface area contributed by atoms with E-state index in [1.54, 1.807) is 21.3 Å². The number of benzene rings is 1. The molecule has 6 heteroatoms. The lowest BCUT2D eigenvalue weighted by Gasteiger charge is -2.27. The monoisotopic (exact) mass is 299 g/mol. The molecule has 0 saturated carbocycles. The van der Waals surface area contributed by atoms with Gasteiger partial charge in [-0.15, -0.1) is 0 Å². The molecule has 20 heavy (non-hydrogen) atoms. The molecule has 0 N–H and O–H groups in total. The Balaban J connectivity index is 2.22. The molecule has 0 atom stereocenters. The number of nitrogens with zero attached hydrogens (tertiary/aromatic N) is 1. The minimum atomic E-state index is -0.662. The van der Waals surface area contributed by atoms with Crippen molar-refractivity contribution in [2.24, 2.45) is 0 Å². The molecule has 1 aromatic carbocycles. The zero-order valence-electron chi connectivity index (χ0n) is 12.2. The van der Waals surface area contributed by atoms with Crippen LogP contribution in [0.3, 0.4) is 0 Å². The molecule has 1 aliphatic rings. The van der Waals surface area contributed by atoms with E-state index in [-0.39, 0.29) is 0 Å². The molecule has 0 radical (unpaired) electrons. The van der Waals surface area contributed by atoms with Crippen molar-refractivity contribution in [1.82, 2.24) is 4.90 Å². The Labute approximate surface area is 122 Å². The second kappa shape index (κ2) is 6.95. The van der Waals surface area contributed by atoms with Crippen molar-refractivity contribution in [3.05, 3.63) is 17.7 Å². The van der Waals surface area contributed by atoms with E-state index in [1.807, 2.05) is 12.1 Å². The third-order valence-electron chi connectivity index (χ3n) is 3.47. The Hall–Kier alpha value is -1.27. The van der Waals surface area contributed by atoms with E-state index in [1.165, 1.54) is 0 Å². The van der Waals surface area contributed by atoms with Crippen molar-refractivity contribution in [2.75, 3.05) is 45.9 Å². The fourth-order valence-corrected chi connectivity index (χ4v) is 3.42. The summed E-state index contributed by atoms with van der Waals surface area (Å²) < 4.78 is 27.5. The molecule has 112 valence electrons. The van der Waals surface area contributed by atoms with Crippen LogP contribution in [0.25, 0.3) is 0 Å². The van der Waals surface area contributed by atoms with Gasteiger partial charge >= 0.3 is 0 Å². The summed E-state index contributed by atoms with van der Waals surface area (Å²) in [4.78, 5) is 2.27. The first-order chi connectivity index (χ1) is 9.67. The zero-order chi connectivity index (χ0) is 14.5. The normalized spacial score (nSPS) is 16.9. The first-order valence-corrected chi connectivity index (χ1v) is 8.03. The van der Waals surface area contributed by atoms with Gasteiger partial charge in [0, 0.05) is 54.1 Å². The average Bonchev–Trinajstić information content (AvgIpc) is 2.49. The summed E-state index contributed by atoms with van der Waals surface area (Å²) in [6.07, 6.45) is 0. The minimum Gasteiger partial charge on any atom is -0.496 e. The van der Waals surface area contributed by atoms with Crippen LogP contribution in [0.5, 0.6) is 17.2 Å². The molecule has 0 amide bonds. The lowest BCUT2D eigenvalue weighted by atomic mass is 10.1. The highest BCUT2D eigenvalue weighted by molar-refractivity contribution is 7.85. The van der Waals surface area contributed by atoms with Crippen LogP contribution in [0, 0.1) is 0 Å². The summed E-state index contributed by atoms with van der Waals surface area (Å²) >= 11 is 0. The fourth-order valence-electron chi connectivity index (χ4n) is 2.29. The van der Waals surface area contributed by atoms with Gasteiger partial charge < -0.3 is 14.2 Å². The van der Waals surface area contributed by atoms with Crippen LogP contribution in [-0.2, 0) is 17.3 Å². The summed E-state index contributed by atoms with van der Waals surface area (Å²) in [7, 11) is 4.24. The topological polar surface area (TPSA) is 48.0 Å². The van der Waals surface area contributed by atoms with Crippen LogP contribution in [0.1, 0.15) is 5.56 Å². The smallest absolute Gasteiger partial charge is 0.130 e. The Morgan fingerprint density at radius 2 is 1.60 bits per heavy atom. The van der Waals surface area contributed by atoms with Crippen LogP contribution >= 0.6 is 0 Å². The van der Waals surface area contributed by atoms with Gasteiger partial charge in [-0.3, -0.25) is 9.11 Å². The van der Waals surface area contributed by atoms with Crippen LogP contribution < -0.4 is 14.2 Å². The maximum absolute atomic E-state index is 11.4. The van der Waals surface area contributed by atoms with Gasteiger partial charge in [0.15, 0.2) is 0 Å². The molecule has 1 fully saturated rings. The highest BCUT2D eigenvalue weighted by atomic mass is 32.2. The van der Waals surface area contributed by atoms with Gasteiger partial charge in [0.2, 0.25) is 0 Å². The second-order valence-corrected chi connectivity index (χ2v) is 6.33. The van der Waals surface area contributed by atoms with Crippen molar-refractivity contribution < 1.29 is 18.4 Å². The van der Waals surface area contributed by atoms with Gasteiger partial charge in [0.1, 0.15) is 17.2 Å². The van der Waals surface area contributed by atoms with Gasteiger partial charge in [0.05, 0.1) is 26.9 Å². The molecule has 1 saturated heterocycles. The SMILES string of the molecule is COc1cc(OC)c(CN2CCS(=O)CC2)c(OC)c1. The second-order valence-electron chi connectivity index (χ2n) is 4.63. The van der Waals surface area contributed by atoms with Gasteiger partial charge in [-0.1, -0.05) is 0 Å². The van der Waals surface area contributed by atoms with Gasteiger partial charge in [-0.05, 0) is 0 Å². The molecule has 0 aromatic heterocycles. The molecular weight excluding hydrogens is 278 g/mol. The minimum absolute atomic E-state index is 0.662. The molecular formula is C14H21NO4S. The summed E-state index contributed by atoms with van der Waals surface area (Å²) in [6.45, 7) is 2.41. The van der Waals surface area contributed by atoms with E-state index < -0.39 is 10.8 Å². The number of methoxy groups -OCH3 is 3. The molecule has 2 rings (SSSR count). The number of ether oxygens (including phenoxy) is 3. The lowest BCUT2D eigenvalue weighted by molar-refractivity contribution is 0.277. The summed E-state index contributed by atoms with van der Waals surface area (Å²) in [5.74, 6) is 3.70. The molecule has 0 unspecified atom stereocenters. The van der Waals surface area contributed by atoms with Crippen LogP contribution in [0.15, 0.2) is 12.1 Å². The number of hydrogen-bond acceptors (Lipinski definition) is 5. The van der Waals surface area contributed by atoms with Crippen molar-refractivity contribution >= 4 is 10.8 Å². The fraction of sp³-hybridized carbons (Fsp3) is 0.571. The number of hydrogen-bond donors (Lipinski definition) is 0. The predicted octanol–water partition coefficient (Wildman–Crippen LogP) is 1.28. The van der Waals surface area contributed by atoms with E-state index >= 15 is 0 Å². The van der Waals surface area contributed by atoms with Crippen molar-refractivity contribution in [1.29, 1.82) is 0 Å². The maximum Gasteiger partial charge on any atom is 0.130 e. The Bertz CT molecular complexity index is 457. The summed E-state index contributed by atoms with van der Waals surface area (Å²) in [6, 6.07) is 3.72. The Kier molecular flexibility index (Phi) is 5.25. The Morgan fingerprint density at radius 3 is 2.05 bits per heavy atom. The highest BCUT2D eigenvalue weighted by Gasteiger charge is 2.20. The zero-order valence-corrected chi connectivity index (χ0v) is 13.0. The van der Waals surface area contributed by atoms with Crippen molar-refractivity contribution in [3.8, 4) is 17.2 Å². The highest BCUT2D eigenvalue weighted by Crippen LogP contribution is 2.35. The Morgan fingerprint density at radius 1 is 1.05 bits per heavy atom. The third kappa shape index (κ3) is 3.43. The quantitative estimate of drug-likeness (QED) is 0.819. The van der Waals surface area contributed by atoms with E-state index in [9.17, 15) is 4.21 Å². The summed E-state index contributed by atoms with van der Waals surface area (Å²) in [5.41, 5.74) is 1.00. The molecule has 5 nitrogen and oxygen atoms in total. The maximum atomic E-state index is 11.4. The third-order valence-corrected chi connectivity index (χ3v) is 4.75. The van der Waals surface area contributed by atoms with Crippen LogP contribution in [0.2, 0.25) is 0 Å². The standard InChI is InChI=1S/C14H21NO4S/c1-17-11-8-13(18-2)12(14(9-11)19-3)10-15-4-6-20(16)7-5-15/h8-9H,4-7,10H2,1-3H3. The van der Waals surface area contributed by atoms with Crippen LogP contribution in [0.4, 0.5) is 0 Å². The van der Waals surface area contributed by atoms with Crippen molar-refractivity contribution in [3.63, 3.8) is 0 Å². The molecule has 0 aliphatic carbocycles. The van der Waals surface area contributed by atoms with E-state index in [4.69, 9.17) is 14.2 Å².